The third-order valence-corrected chi connectivity index (χ3v) is 12.8. The lowest BCUT2D eigenvalue weighted by atomic mass is 9.74. The van der Waals surface area contributed by atoms with Crippen molar-refractivity contribution in [2.24, 2.45) is 23.7 Å². The molecule has 3 fully saturated rings. The Hall–Kier alpha value is -2.28. The van der Waals surface area contributed by atoms with Crippen LogP contribution in [0.3, 0.4) is 0 Å². The van der Waals surface area contributed by atoms with E-state index in [9.17, 15) is 29.4 Å². The van der Waals surface area contributed by atoms with Crippen molar-refractivity contribution in [3.63, 3.8) is 0 Å². The van der Waals surface area contributed by atoms with Crippen LogP contribution >= 0.6 is 0 Å². The molecule has 0 radical (unpaired) electrons. The summed E-state index contributed by atoms with van der Waals surface area (Å²) in [6.45, 7) is 19.6. The molecule has 0 spiro atoms. The molecule has 1 unspecified atom stereocenters. The minimum atomic E-state index is -2.00. The number of ether oxygens (including phenoxy) is 9. The van der Waals surface area contributed by atoms with Gasteiger partial charge in [-0.15, -0.1) is 0 Å². The topological polar surface area (TPSA) is 195 Å². The number of aliphatic hydroxyl groups excluding tert-OH is 1. The highest BCUT2D eigenvalue weighted by Gasteiger charge is 2.55. The Balaban J connectivity index is 2.28. The Kier molecular flexibility index (Phi) is 17.3. The number of Topliss-reactive ketones (excluding diaryl/α,β-unsaturated/α-hetero) is 1. The molecule has 3 heterocycles. The van der Waals surface area contributed by atoms with Gasteiger partial charge >= 0.3 is 17.9 Å². The van der Waals surface area contributed by atoms with E-state index in [0.29, 0.717) is 6.42 Å². The molecule has 16 heteroatoms. The van der Waals surface area contributed by atoms with Gasteiger partial charge in [0.05, 0.1) is 48.1 Å². The highest BCUT2D eigenvalue weighted by molar-refractivity contribution is 5.83. The number of nitrogens with zero attached hydrogens (tertiary/aromatic N) is 1. The van der Waals surface area contributed by atoms with E-state index in [1.54, 1.807) is 48.5 Å². The third kappa shape index (κ3) is 11.1. The van der Waals surface area contributed by atoms with Gasteiger partial charge in [0.2, 0.25) is 0 Å². The van der Waals surface area contributed by atoms with Crippen molar-refractivity contribution in [3.05, 3.63) is 0 Å². The average molecular weight is 832 g/mol. The average Bonchev–Trinajstić information content (AvgIpc) is 3.14. The lowest BCUT2D eigenvalue weighted by Gasteiger charge is -2.50. The maximum atomic E-state index is 14.4. The number of carbonyl (C=O) groups excluding carboxylic acids is 4. The number of methoxy groups -OCH3 is 2. The van der Waals surface area contributed by atoms with Gasteiger partial charge in [-0.1, -0.05) is 27.7 Å². The molecule has 3 rings (SSSR count). The standard InChI is InChI=1S/C42H73NO15/c1-17-30-42(12,49)35(47)23(4)32(46)21(2)19-40(10,50-15)36(58-39-34(54-27(8)44)29(43(13)14)18-22(3)52-39)24(5)33(25(6)38(48)56-30)57-31-20-41(11,51-16)37(26(7)53-31)55-28(9)45/h21-26,29-31,33-37,39,47,49H,17-20H2,1-16H3/t21-,22-,23+,24+,25-,26+,29+,30-,31+,33+,34-,35-,36?,37+,39+,40-,41-,42-/m1/s1. The first kappa shape index (κ1) is 50.1. The van der Waals surface area contributed by atoms with Crippen LogP contribution < -0.4 is 0 Å². The Morgan fingerprint density at radius 3 is 1.91 bits per heavy atom. The number of carbonyl (C=O) groups is 4. The van der Waals surface area contributed by atoms with Crippen molar-refractivity contribution >= 4 is 23.7 Å². The first-order chi connectivity index (χ1) is 26.8. The van der Waals surface area contributed by atoms with Crippen LogP contribution in [-0.2, 0) is 61.8 Å². The third-order valence-electron chi connectivity index (χ3n) is 12.8. The number of rotatable bonds is 10. The van der Waals surface area contributed by atoms with Crippen molar-refractivity contribution < 1.29 is 72.0 Å². The SMILES string of the molecule is CC[C@H]1OC(=O)[C@H](C)[C@@H](O[C@H]2C[C@@](C)(OC)[C@@H](OC(C)=O)[C@H](C)O2)[C@H](C)C(O[C@@H]2O[C@H](C)C[C@H](N(C)C)[C@H]2OC(C)=O)[C@](C)(OC)C[C@@H](C)C(=O)[C@H](C)[C@@H](O)[C@]1(C)O. The summed E-state index contributed by atoms with van der Waals surface area (Å²) in [6.07, 6.45) is -8.86. The molecule has 336 valence electrons. The zero-order valence-electron chi connectivity index (χ0n) is 37.6. The van der Waals surface area contributed by atoms with E-state index in [-0.39, 0.29) is 37.2 Å². The molecular formula is C42H73NO15. The summed E-state index contributed by atoms with van der Waals surface area (Å²) in [4.78, 5) is 55.1. The van der Waals surface area contributed by atoms with Gasteiger partial charge in [-0.05, 0) is 74.9 Å². The zero-order chi connectivity index (χ0) is 44.2. The van der Waals surface area contributed by atoms with Crippen LogP contribution in [0.25, 0.3) is 0 Å². The van der Waals surface area contributed by atoms with E-state index in [0.717, 1.165) is 0 Å². The number of likely N-dealkylation sites (N-methyl/N-ethyl adjacent to an activating group) is 1. The molecule has 0 aromatic carbocycles. The van der Waals surface area contributed by atoms with Gasteiger partial charge in [0.25, 0.3) is 0 Å². The summed E-state index contributed by atoms with van der Waals surface area (Å²) in [6, 6.07) is -0.295. The van der Waals surface area contributed by atoms with Gasteiger partial charge in [-0.3, -0.25) is 19.2 Å². The number of ketones is 1. The second-order valence-corrected chi connectivity index (χ2v) is 17.8. The minimum Gasteiger partial charge on any atom is -0.459 e. The molecule has 2 N–H and O–H groups in total. The van der Waals surface area contributed by atoms with E-state index in [1.807, 2.05) is 32.8 Å². The summed E-state index contributed by atoms with van der Waals surface area (Å²) in [5, 5.41) is 23.3. The fraction of sp³-hybridized carbons (Fsp3) is 0.905. The van der Waals surface area contributed by atoms with Crippen LogP contribution in [0.4, 0.5) is 0 Å². The monoisotopic (exact) mass is 831 g/mol. The van der Waals surface area contributed by atoms with Crippen LogP contribution in [0.15, 0.2) is 0 Å². The normalized spacial score (nSPS) is 44.9. The molecule has 3 aliphatic heterocycles. The van der Waals surface area contributed by atoms with Crippen LogP contribution in [0, 0.1) is 23.7 Å². The smallest absolute Gasteiger partial charge is 0.311 e. The predicted molar refractivity (Wildman–Crippen MR) is 210 cm³/mol. The van der Waals surface area contributed by atoms with Crippen molar-refractivity contribution in [3.8, 4) is 0 Å². The number of esters is 3. The summed E-state index contributed by atoms with van der Waals surface area (Å²) in [7, 11) is 6.76. The molecule has 0 saturated carbocycles. The maximum absolute atomic E-state index is 14.4. The molecule has 0 aromatic heterocycles. The molecule has 0 amide bonds. The zero-order valence-corrected chi connectivity index (χ0v) is 37.6. The summed E-state index contributed by atoms with van der Waals surface area (Å²) in [5.74, 6) is -5.76. The van der Waals surface area contributed by atoms with Gasteiger partial charge in [-0.25, -0.2) is 0 Å². The predicted octanol–water partition coefficient (Wildman–Crippen LogP) is 3.58. The Morgan fingerprint density at radius 2 is 1.40 bits per heavy atom. The molecule has 3 saturated heterocycles. The fourth-order valence-electron chi connectivity index (χ4n) is 9.27. The van der Waals surface area contributed by atoms with E-state index in [2.05, 4.69) is 0 Å². The van der Waals surface area contributed by atoms with Gasteiger partial charge < -0.3 is 57.7 Å². The summed E-state index contributed by atoms with van der Waals surface area (Å²) < 4.78 is 56.4. The Labute approximate surface area is 345 Å². The Morgan fingerprint density at radius 1 is 0.828 bits per heavy atom. The van der Waals surface area contributed by atoms with Gasteiger partial charge in [0, 0.05) is 52.2 Å². The minimum absolute atomic E-state index is 0.0691. The largest absolute Gasteiger partial charge is 0.459 e. The molecule has 18 atom stereocenters. The quantitative estimate of drug-likeness (QED) is 0.239. The van der Waals surface area contributed by atoms with Crippen LogP contribution in [0.5, 0.6) is 0 Å². The summed E-state index contributed by atoms with van der Waals surface area (Å²) >= 11 is 0. The molecule has 16 nitrogen and oxygen atoms in total. The van der Waals surface area contributed by atoms with Gasteiger partial charge in [0.1, 0.15) is 23.1 Å². The van der Waals surface area contributed by atoms with Crippen molar-refractivity contribution in [2.75, 3.05) is 28.3 Å². The fourth-order valence-corrected chi connectivity index (χ4v) is 9.27. The van der Waals surface area contributed by atoms with Crippen molar-refractivity contribution in [2.45, 2.75) is 193 Å². The molecule has 0 aromatic rings. The van der Waals surface area contributed by atoms with Gasteiger partial charge in [-0.2, -0.15) is 0 Å². The van der Waals surface area contributed by atoms with Crippen LogP contribution in [-0.4, -0.2) is 151 Å². The number of hydrogen-bond donors (Lipinski definition) is 2. The highest BCUT2D eigenvalue weighted by atomic mass is 16.7. The lowest BCUT2D eigenvalue weighted by Crippen LogP contribution is -2.62. The molecular weight excluding hydrogens is 758 g/mol. The second kappa shape index (κ2) is 20.1. The molecule has 0 bridgehead atoms. The molecule has 0 aliphatic carbocycles. The van der Waals surface area contributed by atoms with Gasteiger partial charge in [0.15, 0.2) is 24.8 Å². The van der Waals surface area contributed by atoms with Crippen molar-refractivity contribution in [1.82, 2.24) is 4.90 Å². The lowest BCUT2D eigenvalue weighted by molar-refractivity contribution is -0.320. The molecule has 3 aliphatic rings. The number of cyclic esters (lactones) is 1. The van der Waals surface area contributed by atoms with E-state index in [1.165, 1.54) is 35.0 Å². The van der Waals surface area contributed by atoms with E-state index >= 15 is 0 Å². The maximum Gasteiger partial charge on any atom is 0.311 e. The second-order valence-electron chi connectivity index (χ2n) is 17.8. The first-order valence-electron chi connectivity index (χ1n) is 20.7. The Bertz CT molecular complexity index is 1410. The number of hydrogen-bond acceptors (Lipinski definition) is 16. The van der Waals surface area contributed by atoms with E-state index in [4.69, 9.17) is 42.6 Å². The summed E-state index contributed by atoms with van der Waals surface area (Å²) in [5.41, 5.74) is -4.37. The van der Waals surface area contributed by atoms with Crippen LogP contribution in [0.2, 0.25) is 0 Å². The van der Waals surface area contributed by atoms with Crippen molar-refractivity contribution in [1.29, 1.82) is 0 Å². The molecule has 58 heavy (non-hydrogen) atoms. The first-order valence-corrected chi connectivity index (χ1v) is 20.7. The highest BCUT2D eigenvalue weighted by Crippen LogP contribution is 2.42. The van der Waals surface area contributed by atoms with E-state index < -0.39 is 114 Å². The van der Waals surface area contributed by atoms with Crippen LogP contribution in [0.1, 0.15) is 109 Å². The number of aliphatic hydroxyl groups is 2.